The SMILES string of the molecule is CC[C@H](NC(=O)Cc1ccsc1)c1ncnn1CC. The smallest absolute Gasteiger partial charge is 0.225 e. The van der Waals surface area contributed by atoms with Gasteiger partial charge in [-0.25, -0.2) is 9.67 Å². The largest absolute Gasteiger partial charge is 0.346 e. The van der Waals surface area contributed by atoms with Gasteiger partial charge in [0.05, 0.1) is 12.5 Å². The number of rotatable bonds is 6. The molecule has 6 heteroatoms. The van der Waals surface area contributed by atoms with Gasteiger partial charge in [-0.2, -0.15) is 16.4 Å². The lowest BCUT2D eigenvalue weighted by Gasteiger charge is -2.16. The highest BCUT2D eigenvalue weighted by atomic mass is 32.1. The Morgan fingerprint density at radius 2 is 2.37 bits per heavy atom. The molecular formula is C13H18N4OS. The Morgan fingerprint density at radius 1 is 1.53 bits per heavy atom. The molecule has 102 valence electrons. The van der Waals surface area contributed by atoms with E-state index in [1.807, 2.05) is 35.4 Å². The number of nitrogens with zero attached hydrogens (tertiary/aromatic N) is 3. The minimum Gasteiger partial charge on any atom is -0.346 e. The van der Waals surface area contributed by atoms with Crippen LogP contribution in [0.5, 0.6) is 0 Å². The third kappa shape index (κ3) is 3.41. The highest BCUT2D eigenvalue weighted by molar-refractivity contribution is 7.07. The molecule has 2 aromatic heterocycles. The van der Waals surface area contributed by atoms with Crippen LogP contribution in [-0.2, 0) is 17.8 Å². The molecule has 0 aliphatic carbocycles. The van der Waals surface area contributed by atoms with Gasteiger partial charge < -0.3 is 5.32 Å². The zero-order valence-corrected chi connectivity index (χ0v) is 12.0. The number of thiophene rings is 1. The molecule has 0 fully saturated rings. The number of nitrogens with one attached hydrogen (secondary N) is 1. The van der Waals surface area contributed by atoms with E-state index in [9.17, 15) is 4.79 Å². The lowest BCUT2D eigenvalue weighted by atomic mass is 10.2. The van der Waals surface area contributed by atoms with Gasteiger partial charge in [-0.3, -0.25) is 4.79 Å². The van der Waals surface area contributed by atoms with E-state index in [2.05, 4.69) is 15.4 Å². The monoisotopic (exact) mass is 278 g/mol. The first-order chi connectivity index (χ1) is 9.24. The van der Waals surface area contributed by atoms with Gasteiger partial charge in [0.15, 0.2) is 0 Å². The maximum atomic E-state index is 12.0. The summed E-state index contributed by atoms with van der Waals surface area (Å²) in [5.74, 6) is 0.847. The summed E-state index contributed by atoms with van der Waals surface area (Å²) in [6.07, 6.45) is 2.75. The maximum Gasteiger partial charge on any atom is 0.225 e. The van der Waals surface area contributed by atoms with Crippen LogP contribution in [0.4, 0.5) is 0 Å². The average molecular weight is 278 g/mol. The van der Waals surface area contributed by atoms with Crippen LogP contribution >= 0.6 is 11.3 Å². The van der Waals surface area contributed by atoms with Crippen LogP contribution in [0.2, 0.25) is 0 Å². The van der Waals surface area contributed by atoms with E-state index in [-0.39, 0.29) is 11.9 Å². The summed E-state index contributed by atoms with van der Waals surface area (Å²) in [5, 5.41) is 11.1. The number of hydrogen-bond donors (Lipinski definition) is 1. The molecule has 19 heavy (non-hydrogen) atoms. The molecule has 1 atom stereocenters. The van der Waals surface area contributed by atoms with Gasteiger partial charge in [0.2, 0.25) is 5.91 Å². The molecule has 0 bridgehead atoms. The number of aryl methyl sites for hydroxylation is 1. The fourth-order valence-corrected chi connectivity index (χ4v) is 2.63. The first-order valence-corrected chi connectivity index (χ1v) is 7.37. The second-order valence-corrected chi connectivity index (χ2v) is 5.05. The third-order valence-electron chi connectivity index (χ3n) is 2.94. The van der Waals surface area contributed by atoms with Crippen molar-refractivity contribution in [2.75, 3.05) is 0 Å². The highest BCUT2D eigenvalue weighted by Crippen LogP contribution is 2.14. The summed E-state index contributed by atoms with van der Waals surface area (Å²) in [4.78, 5) is 16.3. The van der Waals surface area contributed by atoms with E-state index in [1.54, 1.807) is 11.3 Å². The third-order valence-corrected chi connectivity index (χ3v) is 3.68. The minimum atomic E-state index is -0.0754. The molecule has 0 aromatic carbocycles. The van der Waals surface area contributed by atoms with Gasteiger partial charge >= 0.3 is 0 Å². The van der Waals surface area contributed by atoms with Gasteiger partial charge in [0.1, 0.15) is 12.2 Å². The highest BCUT2D eigenvalue weighted by Gasteiger charge is 2.18. The van der Waals surface area contributed by atoms with Crippen LogP contribution in [0, 0.1) is 0 Å². The molecule has 2 heterocycles. The van der Waals surface area contributed by atoms with Crippen LogP contribution < -0.4 is 5.32 Å². The zero-order valence-electron chi connectivity index (χ0n) is 11.2. The van der Waals surface area contributed by atoms with Crippen molar-refractivity contribution < 1.29 is 4.79 Å². The van der Waals surface area contributed by atoms with Crippen molar-refractivity contribution in [1.29, 1.82) is 0 Å². The second-order valence-electron chi connectivity index (χ2n) is 4.27. The predicted molar refractivity (Wildman–Crippen MR) is 74.9 cm³/mol. The van der Waals surface area contributed by atoms with Crippen molar-refractivity contribution in [3.05, 3.63) is 34.5 Å². The fourth-order valence-electron chi connectivity index (χ4n) is 1.96. The van der Waals surface area contributed by atoms with Crippen LogP contribution in [0.25, 0.3) is 0 Å². The fraction of sp³-hybridized carbons (Fsp3) is 0.462. The van der Waals surface area contributed by atoms with Crippen molar-refractivity contribution in [3.63, 3.8) is 0 Å². The van der Waals surface area contributed by atoms with Crippen LogP contribution in [0.3, 0.4) is 0 Å². The average Bonchev–Trinajstić information content (AvgIpc) is 3.06. The Bertz CT molecular complexity index is 520. The first kappa shape index (κ1) is 13.7. The lowest BCUT2D eigenvalue weighted by Crippen LogP contribution is -2.31. The molecule has 0 saturated heterocycles. The summed E-state index contributed by atoms with van der Waals surface area (Å²) in [6, 6.07) is 1.90. The van der Waals surface area contributed by atoms with E-state index in [0.29, 0.717) is 6.42 Å². The number of carbonyl (C=O) groups excluding carboxylic acids is 1. The molecule has 0 saturated carbocycles. The molecule has 1 amide bonds. The Balaban J connectivity index is 2.01. The zero-order chi connectivity index (χ0) is 13.7. The lowest BCUT2D eigenvalue weighted by molar-refractivity contribution is -0.121. The molecule has 0 aliphatic rings. The Labute approximate surface area is 116 Å². The maximum absolute atomic E-state index is 12.0. The topological polar surface area (TPSA) is 59.8 Å². The predicted octanol–water partition coefficient (Wildman–Crippen LogP) is 2.17. The molecule has 2 aromatic rings. The van der Waals surface area contributed by atoms with E-state index in [0.717, 1.165) is 24.4 Å². The Morgan fingerprint density at radius 3 is 3.00 bits per heavy atom. The van der Waals surface area contributed by atoms with E-state index >= 15 is 0 Å². The summed E-state index contributed by atoms with van der Waals surface area (Å²) in [5.41, 5.74) is 1.05. The van der Waals surface area contributed by atoms with E-state index < -0.39 is 0 Å². The Kier molecular flexibility index (Phi) is 4.68. The molecule has 0 aliphatic heterocycles. The van der Waals surface area contributed by atoms with Crippen molar-refractivity contribution in [1.82, 2.24) is 20.1 Å². The van der Waals surface area contributed by atoms with Crippen molar-refractivity contribution in [2.24, 2.45) is 0 Å². The molecule has 0 unspecified atom stereocenters. The van der Waals surface area contributed by atoms with Gasteiger partial charge in [-0.05, 0) is 35.7 Å². The normalized spacial score (nSPS) is 12.3. The molecule has 1 N–H and O–H groups in total. The van der Waals surface area contributed by atoms with Gasteiger partial charge in [0.25, 0.3) is 0 Å². The second kappa shape index (κ2) is 6.47. The van der Waals surface area contributed by atoms with Crippen LogP contribution in [0.15, 0.2) is 23.2 Å². The molecule has 5 nitrogen and oxygen atoms in total. The summed E-state index contributed by atoms with van der Waals surface area (Å²) in [6.45, 7) is 4.80. The molecule has 2 rings (SSSR count). The standard InChI is InChI=1S/C13H18N4OS/c1-3-11(13-14-9-15-17(13)4-2)16-12(18)7-10-5-6-19-8-10/h5-6,8-9,11H,3-4,7H2,1-2H3,(H,16,18)/t11-/m0/s1. The quantitative estimate of drug-likeness (QED) is 0.881. The number of carbonyl (C=O) groups is 1. The van der Waals surface area contributed by atoms with Crippen LogP contribution in [0.1, 0.15) is 37.7 Å². The van der Waals surface area contributed by atoms with Gasteiger partial charge in [-0.1, -0.05) is 6.92 Å². The number of aromatic nitrogens is 3. The Hall–Kier alpha value is -1.69. The van der Waals surface area contributed by atoms with Crippen LogP contribution in [-0.4, -0.2) is 20.7 Å². The van der Waals surface area contributed by atoms with E-state index in [4.69, 9.17) is 0 Å². The van der Waals surface area contributed by atoms with E-state index in [1.165, 1.54) is 6.33 Å². The van der Waals surface area contributed by atoms with Gasteiger partial charge in [-0.15, -0.1) is 0 Å². The molecule has 0 spiro atoms. The number of amides is 1. The summed E-state index contributed by atoms with van der Waals surface area (Å²) >= 11 is 1.60. The summed E-state index contributed by atoms with van der Waals surface area (Å²) < 4.78 is 1.82. The molecule has 0 radical (unpaired) electrons. The van der Waals surface area contributed by atoms with Gasteiger partial charge in [0, 0.05) is 6.54 Å². The number of hydrogen-bond acceptors (Lipinski definition) is 4. The van der Waals surface area contributed by atoms with Crippen molar-refractivity contribution >= 4 is 17.2 Å². The minimum absolute atomic E-state index is 0.0240. The van der Waals surface area contributed by atoms with Crippen molar-refractivity contribution in [3.8, 4) is 0 Å². The summed E-state index contributed by atoms with van der Waals surface area (Å²) in [7, 11) is 0. The molecular weight excluding hydrogens is 260 g/mol. The van der Waals surface area contributed by atoms with Crippen molar-refractivity contribution in [2.45, 2.75) is 39.3 Å². The first-order valence-electron chi connectivity index (χ1n) is 6.42.